The summed E-state index contributed by atoms with van der Waals surface area (Å²) in [6, 6.07) is 17.6. The number of hydrogen-bond donors (Lipinski definition) is 1. The van der Waals surface area contributed by atoms with Gasteiger partial charge in [-0.05, 0) is 49.8 Å². The molecule has 8 nitrogen and oxygen atoms in total. The van der Waals surface area contributed by atoms with E-state index < -0.39 is 5.91 Å². The molecule has 2 aromatic carbocycles. The maximum Gasteiger partial charge on any atom is 0.275 e. The van der Waals surface area contributed by atoms with Gasteiger partial charge >= 0.3 is 0 Å². The highest BCUT2D eigenvalue weighted by atomic mass is 32.1. The Hall–Kier alpha value is -4.29. The van der Waals surface area contributed by atoms with Crippen LogP contribution in [0.2, 0.25) is 0 Å². The van der Waals surface area contributed by atoms with Crippen LogP contribution in [-0.4, -0.2) is 20.5 Å². The highest BCUT2D eigenvalue weighted by Gasteiger charge is 2.10. The smallest absolute Gasteiger partial charge is 0.275 e. The van der Waals surface area contributed by atoms with Gasteiger partial charge in [0.1, 0.15) is 29.0 Å². The standard InChI is InChI=1S/C24H19N5O3S/c1-15-3-7-19(8-4-15)26-23(31)18(13-25)11-17-5-9-21(10-6-17)32-14-20-12-22(30)29-24(27-20)33-16(2)28-29/h3-12H,14H2,1-2H3,(H,26,31)/b18-11+. The van der Waals surface area contributed by atoms with E-state index in [0.717, 1.165) is 10.6 Å². The van der Waals surface area contributed by atoms with Crippen molar-refractivity contribution in [2.24, 2.45) is 0 Å². The zero-order chi connectivity index (χ0) is 23.4. The number of aryl methyl sites for hydroxylation is 2. The Balaban J connectivity index is 1.42. The lowest BCUT2D eigenvalue weighted by molar-refractivity contribution is -0.112. The molecule has 0 aliphatic carbocycles. The zero-order valence-electron chi connectivity index (χ0n) is 17.9. The minimum absolute atomic E-state index is 0.0120. The van der Waals surface area contributed by atoms with Gasteiger partial charge < -0.3 is 10.1 Å². The van der Waals surface area contributed by atoms with Gasteiger partial charge in [0, 0.05) is 11.8 Å². The van der Waals surface area contributed by atoms with Crippen molar-refractivity contribution >= 4 is 34.0 Å². The zero-order valence-corrected chi connectivity index (χ0v) is 18.7. The number of nitrogens with zero attached hydrogens (tertiary/aromatic N) is 4. The normalized spacial score (nSPS) is 11.2. The van der Waals surface area contributed by atoms with E-state index in [1.54, 1.807) is 36.4 Å². The molecule has 0 saturated heterocycles. The van der Waals surface area contributed by atoms with Gasteiger partial charge in [0.2, 0.25) is 4.96 Å². The van der Waals surface area contributed by atoms with Crippen molar-refractivity contribution in [3.8, 4) is 11.8 Å². The van der Waals surface area contributed by atoms with Crippen LogP contribution >= 0.6 is 11.3 Å². The van der Waals surface area contributed by atoms with Crippen LogP contribution in [0.25, 0.3) is 11.0 Å². The quantitative estimate of drug-likeness (QED) is 0.347. The lowest BCUT2D eigenvalue weighted by atomic mass is 10.1. The molecule has 0 spiro atoms. The van der Waals surface area contributed by atoms with Gasteiger partial charge in [-0.25, -0.2) is 4.98 Å². The third-order valence-electron chi connectivity index (χ3n) is 4.65. The number of carbonyl (C=O) groups is 1. The first-order chi connectivity index (χ1) is 15.9. The van der Waals surface area contributed by atoms with Crippen molar-refractivity contribution in [2.45, 2.75) is 20.5 Å². The summed E-state index contributed by atoms with van der Waals surface area (Å²) in [6.07, 6.45) is 1.51. The van der Waals surface area contributed by atoms with E-state index in [9.17, 15) is 14.9 Å². The van der Waals surface area contributed by atoms with Crippen LogP contribution in [0.1, 0.15) is 21.8 Å². The Morgan fingerprint density at radius 1 is 1.18 bits per heavy atom. The van der Waals surface area contributed by atoms with Crippen molar-refractivity contribution in [1.82, 2.24) is 14.6 Å². The van der Waals surface area contributed by atoms with Gasteiger partial charge in [-0.2, -0.15) is 14.9 Å². The Morgan fingerprint density at radius 3 is 2.61 bits per heavy atom. The van der Waals surface area contributed by atoms with Crippen molar-refractivity contribution in [3.05, 3.63) is 92.4 Å². The van der Waals surface area contributed by atoms with Gasteiger partial charge in [0.05, 0.1) is 5.69 Å². The fourth-order valence-corrected chi connectivity index (χ4v) is 3.76. The number of hydrogen-bond acceptors (Lipinski definition) is 7. The highest BCUT2D eigenvalue weighted by molar-refractivity contribution is 7.16. The molecule has 0 fully saturated rings. The van der Waals surface area contributed by atoms with Crippen LogP contribution in [0.15, 0.2) is 65.0 Å². The molecule has 0 aliphatic rings. The molecule has 164 valence electrons. The van der Waals surface area contributed by atoms with E-state index in [4.69, 9.17) is 4.74 Å². The molecule has 9 heteroatoms. The number of aromatic nitrogens is 3. The molecule has 0 unspecified atom stereocenters. The second kappa shape index (κ2) is 9.46. The molecule has 4 aromatic rings. The molecule has 1 amide bonds. The van der Waals surface area contributed by atoms with E-state index in [-0.39, 0.29) is 17.7 Å². The first kappa shape index (κ1) is 21.9. The van der Waals surface area contributed by atoms with Crippen LogP contribution in [0.5, 0.6) is 5.75 Å². The SMILES string of the molecule is Cc1ccc(NC(=O)/C(C#N)=C/c2ccc(OCc3cc(=O)n4nc(C)sc4n3)cc2)cc1. The predicted octanol–water partition coefficient (Wildman–Crippen LogP) is 3.89. The average Bonchev–Trinajstić information content (AvgIpc) is 3.19. The molecule has 0 bridgehead atoms. The van der Waals surface area contributed by atoms with Crippen LogP contribution in [0.4, 0.5) is 5.69 Å². The molecule has 2 heterocycles. The molecule has 33 heavy (non-hydrogen) atoms. The molecule has 2 aromatic heterocycles. The summed E-state index contributed by atoms with van der Waals surface area (Å²) in [4.78, 5) is 29.5. The highest BCUT2D eigenvalue weighted by Crippen LogP contribution is 2.17. The monoisotopic (exact) mass is 457 g/mol. The second-order valence-corrected chi connectivity index (χ2v) is 8.41. The van der Waals surface area contributed by atoms with Crippen LogP contribution < -0.4 is 15.6 Å². The first-order valence-electron chi connectivity index (χ1n) is 10.0. The Labute approximate surface area is 193 Å². The van der Waals surface area contributed by atoms with Gasteiger partial charge in [-0.3, -0.25) is 9.59 Å². The van der Waals surface area contributed by atoms with Gasteiger partial charge in [0.15, 0.2) is 0 Å². The van der Waals surface area contributed by atoms with Gasteiger partial charge in [0.25, 0.3) is 11.5 Å². The summed E-state index contributed by atoms with van der Waals surface area (Å²) in [7, 11) is 0. The summed E-state index contributed by atoms with van der Waals surface area (Å²) in [5, 5.41) is 17.0. The van der Waals surface area contributed by atoms with Crippen LogP contribution in [0.3, 0.4) is 0 Å². The number of nitrogens with one attached hydrogen (secondary N) is 1. The van der Waals surface area contributed by atoms with Gasteiger partial charge in [-0.1, -0.05) is 41.2 Å². The fraction of sp³-hybridized carbons (Fsp3) is 0.125. The van der Waals surface area contributed by atoms with Crippen molar-refractivity contribution in [3.63, 3.8) is 0 Å². The van der Waals surface area contributed by atoms with Crippen molar-refractivity contribution in [1.29, 1.82) is 5.26 Å². The number of benzene rings is 2. The van der Waals surface area contributed by atoms with Gasteiger partial charge in [-0.15, -0.1) is 0 Å². The van der Waals surface area contributed by atoms with Crippen LogP contribution in [0, 0.1) is 25.2 Å². The van der Waals surface area contributed by atoms with E-state index in [2.05, 4.69) is 15.4 Å². The molecule has 0 saturated carbocycles. The maximum atomic E-state index is 12.4. The van der Waals surface area contributed by atoms with E-state index in [1.807, 2.05) is 32.0 Å². The number of anilines is 1. The number of fused-ring (bicyclic) bond motifs is 1. The molecule has 4 rings (SSSR count). The number of rotatable bonds is 6. The lowest BCUT2D eigenvalue weighted by Gasteiger charge is -2.07. The van der Waals surface area contributed by atoms with E-state index >= 15 is 0 Å². The summed E-state index contributed by atoms with van der Waals surface area (Å²) in [5.74, 6) is 0.0879. The molecule has 0 radical (unpaired) electrons. The molecule has 0 atom stereocenters. The largest absolute Gasteiger partial charge is 0.487 e. The second-order valence-electron chi connectivity index (χ2n) is 7.25. The maximum absolute atomic E-state index is 12.4. The van der Waals surface area contributed by atoms with E-state index in [1.165, 1.54) is 28.0 Å². The number of nitriles is 1. The van der Waals surface area contributed by atoms with Crippen molar-refractivity contribution in [2.75, 3.05) is 5.32 Å². The molecular formula is C24H19N5O3S. The Bertz CT molecular complexity index is 1440. The average molecular weight is 458 g/mol. The Kier molecular flexibility index (Phi) is 6.29. The van der Waals surface area contributed by atoms with Crippen LogP contribution in [-0.2, 0) is 11.4 Å². The predicted molar refractivity (Wildman–Crippen MR) is 126 cm³/mol. The van der Waals surface area contributed by atoms with Crippen molar-refractivity contribution < 1.29 is 9.53 Å². The topological polar surface area (TPSA) is 109 Å². The Morgan fingerprint density at radius 2 is 1.91 bits per heavy atom. The summed E-state index contributed by atoms with van der Waals surface area (Å²) in [6.45, 7) is 3.89. The summed E-state index contributed by atoms with van der Waals surface area (Å²) in [5.41, 5.74) is 2.62. The summed E-state index contributed by atoms with van der Waals surface area (Å²) >= 11 is 1.33. The minimum Gasteiger partial charge on any atom is -0.487 e. The molecule has 1 N–H and O–H groups in total. The van der Waals surface area contributed by atoms with E-state index in [0.29, 0.717) is 27.7 Å². The third kappa shape index (κ3) is 5.31. The minimum atomic E-state index is -0.479. The third-order valence-corrected chi connectivity index (χ3v) is 5.48. The lowest BCUT2D eigenvalue weighted by Crippen LogP contribution is -2.16. The molecular weight excluding hydrogens is 438 g/mol. The number of carbonyl (C=O) groups excluding carboxylic acids is 1. The molecule has 0 aliphatic heterocycles. The fourth-order valence-electron chi connectivity index (χ4n) is 2.99. The number of ether oxygens (including phenoxy) is 1. The number of amides is 1. The first-order valence-corrected chi connectivity index (χ1v) is 10.8. The summed E-state index contributed by atoms with van der Waals surface area (Å²) < 4.78 is 7.00.